The monoisotopic (exact) mass is 347 g/mol. The van der Waals surface area contributed by atoms with Crippen LogP contribution in [0.1, 0.15) is 32.0 Å². The summed E-state index contributed by atoms with van der Waals surface area (Å²) >= 11 is 0. The largest absolute Gasteiger partial charge is 0.618 e. The van der Waals surface area contributed by atoms with Gasteiger partial charge in [-0.15, -0.1) is 0 Å². The fourth-order valence-corrected chi connectivity index (χ4v) is 1.93. The first-order chi connectivity index (χ1) is 11.6. The molecule has 25 heavy (non-hydrogen) atoms. The molecule has 2 aromatic rings. The molecule has 2 rings (SSSR count). The van der Waals surface area contributed by atoms with Crippen molar-refractivity contribution in [2.24, 2.45) is 5.16 Å². The predicted octanol–water partition coefficient (Wildman–Crippen LogP) is 2.21. The number of phenols is 1. The van der Waals surface area contributed by atoms with Crippen molar-refractivity contribution < 1.29 is 24.7 Å². The number of pyridine rings is 1. The minimum Gasteiger partial charge on any atom is -0.618 e. The number of non-ortho nitro benzene ring substituents is 1. The fraction of sp³-hybridized carbons (Fsp3) is 0.250. The second-order valence-corrected chi connectivity index (χ2v) is 6.17. The Balaban J connectivity index is 2.73. The van der Waals surface area contributed by atoms with Crippen molar-refractivity contribution in [3.05, 3.63) is 63.1 Å². The number of aromatic nitrogens is 1. The standard InChI is InChI=1S/C16H17N3O6/c1-16(2,3)25-17-14(15-13(21)5-4-8-18(15)22)11-9-10(19(23)24)6-7-12(11)20/h4-9,20-21H,1-3H3/b17-14-. The van der Waals surface area contributed by atoms with Crippen LogP contribution >= 0.6 is 0 Å². The molecular formula is C16H17N3O6. The molecule has 0 bridgehead atoms. The number of nitrogens with zero attached hydrogens (tertiary/aromatic N) is 3. The van der Waals surface area contributed by atoms with Gasteiger partial charge in [0.05, 0.1) is 10.5 Å². The number of aromatic hydroxyl groups is 2. The van der Waals surface area contributed by atoms with Crippen LogP contribution < -0.4 is 4.73 Å². The molecular weight excluding hydrogens is 330 g/mol. The van der Waals surface area contributed by atoms with Crippen LogP contribution in [0.3, 0.4) is 0 Å². The molecule has 0 radical (unpaired) electrons. The van der Waals surface area contributed by atoms with Gasteiger partial charge in [0.15, 0.2) is 17.7 Å². The number of benzene rings is 1. The van der Waals surface area contributed by atoms with Crippen LogP contribution in [-0.4, -0.2) is 26.4 Å². The van der Waals surface area contributed by atoms with Crippen LogP contribution in [0.2, 0.25) is 0 Å². The average Bonchev–Trinajstić information content (AvgIpc) is 2.50. The number of oxime groups is 1. The van der Waals surface area contributed by atoms with Crippen molar-refractivity contribution in [2.75, 3.05) is 0 Å². The average molecular weight is 347 g/mol. The summed E-state index contributed by atoms with van der Waals surface area (Å²) in [6.07, 6.45) is 1.12. The zero-order valence-electron chi connectivity index (χ0n) is 13.8. The molecule has 0 aliphatic carbocycles. The Morgan fingerprint density at radius 3 is 2.48 bits per heavy atom. The van der Waals surface area contributed by atoms with Gasteiger partial charge in [-0.25, -0.2) is 0 Å². The maximum Gasteiger partial charge on any atom is 0.288 e. The molecule has 0 unspecified atom stereocenters. The Hall–Kier alpha value is -3.36. The molecule has 0 fully saturated rings. The summed E-state index contributed by atoms with van der Waals surface area (Å²) < 4.78 is 0.332. The molecule has 0 spiro atoms. The van der Waals surface area contributed by atoms with E-state index in [4.69, 9.17) is 4.84 Å². The molecule has 1 heterocycles. The second-order valence-electron chi connectivity index (χ2n) is 6.17. The smallest absolute Gasteiger partial charge is 0.288 e. The van der Waals surface area contributed by atoms with Crippen molar-refractivity contribution in [3.63, 3.8) is 0 Å². The lowest BCUT2D eigenvalue weighted by molar-refractivity contribution is -0.607. The third-order valence-electron chi connectivity index (χ3n) is 3.02. The fourth-order valence-electron chi connectivity index (χ4n) is 1.93. The molecule has 0 saturated heterocycles. The van der Waals surface area contributed by atoms with Crippen LogP contribution in [-0.2, 0) is 4.84 Å². The van der Waals surface area contributed by atoms with Crippen molar-refractivity contribution in [1.82, 2.24) is 0 Å². The van der Waals surface area contributed by atoms with Gasteiger partial charge in [0.1, 0.15) is 11.4 Å². The first-order valence-corrected chi connectivity index (χ1v) is 7.25. The summed E-state index contributed by atoms with van der Waals surface area (Å²) in [5.41, 5.74) is -1.71. The van der Waals surface area contributed by atoms with Crippen LogP contribution in [0.15, 0.2) is 41.7 Å². The normalized spacial score (nSPS) is 12.0. The molecule has 0 saturated carbocycles. The molecule has 1 aromatic heterocycles. The molecule has 0 amide bonds. The minimum absolute atomic E-state index is 0.121. The number of nitro benzene ring substituents is 1. The Morgan fingerprint density at radius 2 is 1.92 bits per heavy atom. The SMILES string of the molecule is CC(C)(C)O/N=C(/c1cc([N+](=O)[O-])ccc1O)c1c(O)ccc[n+]1[O-]. The van der Waals surface area contributed by atoms with Crippen molar-refractivity contribution >= 4 is 11.4 Å². The molecule has 132 valence electrons. The summed E-state index contributed by atoms with van der Waals surface area (Å²) in [7, 11) is 0. The summed E-state index contributed by atoms with van der Waals surface area (Å²) in [4.78, 5) is 15.7. The first-order valence-electron chi connectivity index (χ1n) is 7.25. The van der Waals surface area contributed by atoms with Gasteiger partial charge >= 0.3 is 0 Å². The van der Waals surface area contributed by atoms with Gasteiger partial charge in [-0.05, 0) is 32.9 Å². The molecule has 0 aliphatic rings. The highest BCUT2D eigenvalue weighted by Gasteiger charge is 2.27. The third kappa shape index (κ3) is 4.14. The van der Waals surface area contributed by atoms with Gasteiger partial charge in [0, 0.05) is 18.2 Å². The number of phenolic OH excluding ortho intramolecular Hbond substituents is 1. The van der Waals surface area contributed by atoms with Gasteiger partial charge in [-0.2, -0.15) is 4.73 Å². The van der Waals surface area contributed by atoms with Crippen LogP contribution in [0, 0.1) is 15.3 Å². The lowest BCUT2D eigenvalue weighted by Gasteiger charge is -2.17. The summed E-state index contributed by atoms with van der Waals surface area (Å²) in [5.74, 6) is -0.773. The molecule has 0 aliphatic heterocycles. The highest BCUT2D eigenvalue weighted by molar-refractivity contribution is 6.13. The van der Waals surface area contributed by atoms with E-state index in [0.29, 0.717) is 4.73 Å². The third-order valence-corrected chi connectivity index (χ3v) is 3.02. The van der Waals surface area contributed by atoms with Crippen LogP contribution in [0.25, 0.3) is 0 Å². The Labute approximate surface area is 143 Å². The second kappa shape index (κ2) is 6.63. The number of nitro groups is 1. The molecule has 9 heteroatoms. The lowest BCUT2D eigenvalue weighted by atomic mass is 10.0. The minimum atomic E-state index is -0.736. The number of hydrogen-bond acceptors (Lipinski definition) is 7. The van der Waals surface area contributed by atoms with Gasteiger partial charge in [0.25, 0.3) is 11.4 Å². The van der Waals surface area contributed by atoms with Gasteiger partial charge in [-0.1, -0.05) is 5.16 Å². The lowest BCUT2D eigenvalue weighted by Crippen LogP contribution is -2.35. The molecule has 2 N–H and O–H groups in total. The van der Waals surface area contributed by atoms with Crippen LogP contribution in [0.4, 0.5) is 5.69 Å². The molecule has 9 nitrogen and oxygen atoms in total. The molecule has 0 atom stereocenters. The van der Waals surface area contributed by atoms with Gasteiger partial charge in [-0.3, -0.25) is 10.1 Å². The highest BCUT2D eigenvalue weighted by atomic mass is 16.6. The zero-order valence-corrected chi connectivity index (χ0v) is 13.8. The maximum absolute atomic E-state index is 12.1. The van der Waals surface area contributed by atoms with Crippen molar-refractivity contribution in [1.29, 1.82) is 0 Å². The highest BCUT2D eigenvalue weighted by Crippen LogP contribution is 2.28. The van der Waals surface area contributed by atoms with E-state index < -0.39 is 16.3 Å². The van der Waals surface area contributed by atoms with Crippen molar-refractivity contribution in [2.45, 2.75) is 26.4 Å². The van der Waals surface area contributed by atoms with Crippen LogP contribution in [0.5, 0.6) is 11.5 Å². The van der Waals surface area contributed by atoms with Gasteiger partial charge in [0.2, 0.25) is 0 Å². The van der Waals surface area contributed by atoms with E-state index in [-0.39, 0.29) is 28.4 Å². The van der Waals surface area contributed by atoms with E-state index in [9.17, 15) is 25.5 Å². The van der Waals surface area contributed by atoms with E-state index in [0.717, 1.165) is 24.4 Å². The Bertz CT molecular complexity index is 822. The summed E-state index contributed by atoms with van der Waals surface area (Å²) in [6.45, 7) is 5.12. The predicted molar refractivity (Wildman–Crippen MR) is 88.3 cm³/mol. The first kappa shape index (κ1) is 18.0. The van der Waals surface area contributed by atoms with E-state index >= 15 is 0 Å². The van der Waals surface area contributed by atoms with Crippen molar-refractivity contribution in [3.8, 4) is 11.5 Å². The summed E-state index contributed by atoms with van der Waals surface area (Å²) in [6, 6.07) is 5.84. The quantitative estimate of drug-likeness (QED) is 0.286. The topological polar surface area (TPSA) is 132 Å². The number of rotatable bonds is 4. The number of hydrogen-bond donors (Lipinski definition) is 2. The van der Waals surface area contributed by atoms with E-state index in [2.05, 4.69) is 5.16 Å². The van der Waals surface area contributed by atoms with E-state index in [1.807, 2.05) is 0 Å². The zero-order chi connectivity index (χ0) is 18.8. The maximum atomic E-state index is 12.1. The summed E-state index contributed by atoms with van der Waals surface area (Å²) in [5, 5.41) is 47.2. The van der Waals surface area contributed by atoms with E-state index in [1.165, 1.54) is 12.1 Å². The van der Waals surface area contributed by atoms with Gasteiger partial charge < -0.3 is 20.3 Å². The van der Waals surface area contributed by atoms with E-state index in [1.54, 1.807) is 20.8 Å². The molecule has 1 aromatic carbocycles. The Kier molecular flexibility index (Phi) is 4.77. The Morgan fingerprint density at radius 1 is 1.24 bits per heavy atom.